The Bertz CT molecular complexity index is 948. The van der Waals surface area contributed by atoms with Crippen molar-refractivity contribution in [3.63, 3.8) is 0 Å². The van der Waals surface area contributed by atoms with Crippen LogP contribution >= 0.6 is 0 Å². The standard InChI is InChI=1S/C21H20N2O4/c1-15-19(14-27-11-10-16-6-3-2-4-7-16)20(13-24)22-21(15)17-8-5-9-18(12-17)23(25)26/h2-9,12-13,22H,10-11,14H2,1H3. The first-order chi connectivity index (χ1) is 13.1. The third kappa shape index (κ3) is 4.30. The minimum Gasteiger partial charge on any atom is -0.376 e. The van der Waals surface area contributed by atoms with Crippen molar-refractivity contribution < 1.29 is 14.5 Å². The van der Waals surface area contributed by atoms with Gasteiger partial charge in [0, 0.05) is 29.0 Å². The molecule has 0 atom stereocenters. The van der Waals surface area contributed by atoms with Gasteiger partial charge in [-0.05, 0) is 24.5 Å². The van der Waals surface area contributed by atoms with Crippen molar-refractivity contribution in [2.45, 2.75) is 20.0 Å². The molecular weight excluding hydrogens is 344 g/mol. The number of nitro groups is 1. The summed E-state index contributed by atoms with van der Waals surface area (Å²) in [5, 5.41) is 11.0. The minimum atomic E-state index is -0.435. The summed E-state index contributed by atoms with van der Waals surface area (Å²) >= 11 is 0. The molecule has 1 N–H and O–H groups in total. The lowest BCUT2D eigenvalue weighted by Gasteiger charge is -2.06. The quantitative estimate of drug-likeness (QED) is 0.277. The van der Waals surface area contributed by atoms with Gasteiger partial charge in [0.2, 0.25) is 0 Å². The molecule has 2 aromatic carbocycles. The zero-order valence-corrected chi connectivity index (χ0v) is 15.0. The van der Waals surface area contributed by atoms with Gasteiger partial charge in [0.15, 0.2) is 6.29 Å². The Balaban J connectivity index is 1.75. The molecule has 0 aliphatic heterocycles. The number of nitro benzene ring substituents is 1. The number of benzene rings is 2. The smallest absolute Gasteiger partial charge is 0.270 e. The van der Waals surface area contributed by atoms with E-state index in [1.54, 1.807) is 12.1 Å². The first-order valence-corrected chi connectivity index (χ1v) is 8.63. The summed E-state index contributed by atoms with van der Waals surface area (Å²) in [7, 11) is 0. The molecule has 0 fully saturated rings. The fraction of sp³-hybridized carbons (Fsp3) is 0.190. The highest BCUT2D eigenvalue weighted by Crippen LogP contribution is 2.29. The van der Waals surface area contributed by atoms with Crippen molar-refractivity contribution in [1.29, 1.82) is 0 Å². The van der Waals surface area contributed by atoms with Crippen LogP contribution in [-0.4, -0.2) is 22.8 Å². The van der Waals surface area contributed by atoms with E-state index in [0.717, 1.165) is 23.8 Å². The fourth-order valence-corrected chi connectivity index (χ4v) is 3.02. The summed E-state index contributed by atoms with van der Waals surface area (Å²) in [6, 6.07) is 16.4. The fourth-order valence-electron chi connectivity index (χ4n) is 3.02. The first kappa shape index (κ1) is 18.5. The zero-order chi connectivity index (χ0) is 19.2. The molecule has 3 rings (SSSR count). The molecule has 1 aromatic heterocycles. The van der Waals surface area contributed by atoms with Crippen molar-refractivity contribution in [2.75, 3.05) is 6.61 Å². The van der Waals surface area contributed by atoms with Gasteiger partial charge in [0.1, 0.15) is 0 Å². The number of aromatic nitrogens is 1. The van der Waals surface area contributed by atoms with Crippen LogP contribution in [0.1, 0.15) is 27.2 Å². The summed E-state index contributed by atoms with van der Waals surface area (Å²) in [5.74, 6) is 0. The second kappa shape index (κ2) is 8.42. The highest BCUT2D eigenvalue weighted by Gasteiger charge is 2.17. The molecule has 0 bridgehead atoms. The molecule has 0 radical (unpaired) electrons. The van der Waals surface area contributed by atoms with Gasteiger partial charge in [0.05, 0.1) is 23.8 Å². The summed E-state index contributed by atoms with van der Waals surface area (Å²) in [6.07, 6.45) is 1.54. The third-order valence-electron chi connectivity index (χ3n) is 4.50. The average Bonchev–Trinajstić information content (AvgIpc) is 3.02. The number of H-pyrrole nitrogens is 1. The summed E-state index contributed by atoms with van der Waals surface area (Å²) in [4.78, 5) is 25.1. The molecule has 0 saturated carbocycles. The molecule has 138 valence electrons. The molecule has 0 amide bonds. The van der Waals surface area contributed by atoms with Crippen LogP contribution in [0.25, 0.3) is 11.3 Å². The molecule has 27 heavy (non-hydrogen) atoms. The topological polar surface area (TPSA) is 85.2 Å². The second-order valence-electron chi connectivity index (χ2n) is 6.23. The van der Waals surface area contributed by atoms with Crippen LogP contribution in [0.4, 0.5) is 5.69 Å². The number of non-ortho nitro benzene ring substituents is 1. The van der Waals surface area contributed by atoms with Crippen molar-refractivity contribution in [1.82, 2.24) is 4.98 Å². The third-order valence-corrected chi connectivity index (χ3v) is 4.50. The Hall–Kier alpha value is -3.25. The molecule has 0 unspecified atom stereocenters. The Kier molecular flexibility index (Phi) is 5.78. The molecular formula is C21H20N2O4. The Morgan fingerprint density at radius 1 is 1.15 bits per heavy atom. The van der Waals surface area contributed by atoms with Gasteiger partial charge >= 0.3 is 0 Å². The predicted molar refractivity (Wildman–Crippen MR) is 103 cm³/mol. The van der Waals surface area contributed by atoms with Gasteiger partial charge < -0.3 is 9.72 Å². The van der Waals surface area contributed by atoms with Crippen molar-refractivity contribution in [3.05, 3.63) is 87.1 Å². The average molecular weight is 364 g/mol. The summed E-state index contributed by atoms with van der Waals surface area (Å²) in [6.45, 7) is 2.73. The Morgan fingerprint density at radius 3 is 2.63 bits per heavy atom. The Labute approximate surface area is 157 Å². The van der Waals surface area contributed by atoms with Gasteiger partial charge in [-0.15, -0.1) is 0 Å². The number of hydrogen-bond acceptors (Lipinski definition) is 4. The highest BCUT2D eigenvalue weighted by molar-refractivity contribution is 5.80. The molecule has 6 heteroatoms. The van der Waals surface area contributed by atoms with E-state index >= 15 is 0 Å². The van der Waals surface area contributed by atoms with Crippen molar-refractivity contribution in [2.24, 2.45) is 0 Å². The number of carbonyl (C=O) groups excluding carboxylic acids is 1. The molecule has 0 aliphatic carbocycles. The minimum absolute atomic E-state index is 0.00909. The molecule has 6 nitrogen and oxygen atoms in total. The van der Waals surface area contributed by atoms with E-state index in [4.69, 9.17) is 4.74 Å². The van der Waals surface area contributed by atoms with Crippen molar-refractivity contribution in [3.8, 4) is 11.3 Å². The van der Waals surface area contributed by atoms with E-state index in [-0.39, 0.29) is 5.69 Å². The zero-order valence-electron chi connectivity index (χ0n) is 15.0. The molecule has 1 heterocycles. The number of carbonyl (C=O) groups is 1. The van der Waals surface area contributed by atoms with E-state index in [1.165, 1.54) is 17.7 Å². The molecule has 0 aliphatic rings. The lowest BCUT2D eigenvalue weighted by Crippen LogP contribution is -2.01. The van der Waals surface area contributed by atoms with Crippen LogP contribution in [0.2, 0.25) is 0 Å². The normalized spacial score (nSPS) is 10.7. The second-order valence-corrected chi connectivity index (χ2v) is 6.23. The van der Waals surface area contributed by atoms with E-state index < -0.39 is 4.92 Å². The monoisotopic (exact) mass is 364 g/mol. The van der Waals surface area contributed by atoms with Crippen LogP contribution in [0.15, 0.2) is 54.6 Å². The summed E-state index contributed by atoms with van der Waals surface area (Å²) in [5.41, 5.74) is 4.64. The van der Waals surface area contributed by atoms with Crippen LogP contribution in [0.5, 0.6) is 0 Å². The van der Waals surface area contributed by atoms with Crippen molar-refractivity contribution >= 4 is 12.0 Å². The van der Waals surface area contributed by atoms with E-state index in [9.17, 15) is 14.9 Å². The van der Waals surface area contributed by atoms with Crippen LogP contribution in [0, 0.1) is 17.0 Å². The van der Waals surface area contributed by atoms with Gasteiger partial charge in [-0.3, -0.25) is 14.9 Å². The number of aldehydes is 1. The van der Waals surface area contributed by atoms with E-state index in [0.29, 0.717) is 30.2 Å². The molecule has 3 aromatic rings. The molecule has 0 saturated heterocycles. The SMILES string of the molecule is Cc1c(-c2cccc([N+](=O)[O-])c2)[nH]c(C=O)c1COCCc1ccccc1. The highest BCUT2D eigenvalue weighted by atomic mass is 16.6. The van der Waals surface area contributed by atoms with Crippen LogP contribution in [-0.2, 0) is 17.8 Å². The maximum absolute atomic E-state index is 11.5. The number of aromatic amines is 1. The van der Waals surface area contributed by atoms with Crippen LogP contribution in [0.3, 0.4) is 0 Å². The summed E-state index contributed by atoms with van der Waals surface area (Å²) < 4.78 is 5.77. The van der Waals surface area contributed by atoms with Gasteiger partial charge in [-0.25, -0.2) is 0 Å². The lowest BCUT2D eigenvalue weighted by molar-refractivity contribution is -0.384. The number of ether oxygens (including phenoxy) is 1. The predicted octanol–water partition coefficient (Wildman–Crippen LogP) is 4.47. The van der Waals surface area contributed by atoms with Crippen LogP contribution < -0.4 is 0 Å². The number of nitrogens with one attached hydrogen (secondary N) is 1. The number of nitrogens with zero attached hydrogens (tertiary/aromatic N) is 1. The van der Waals surface area contributed by atoms with E-state index in [2.05, 4.69) is 4.98 Å². The van der Waals surface area contributed by atoms with E-state index in [1.807, 2.05) is 37.3 Å². The van der Waals surface area contributed by atoms with Gasteiger partial charge in [-0.2, -0.15) is 0 Å². The van der Waals surface area contributed by atoms with Gasteiger partial charge in [-0.1, -0.05) is 42.5 Å². The first-order valence-electron chi connectivity index (χ1n) is 8.63. The number of hydrogen-bond donors (Lipinski definition) is 1. The lowest BCUT2D eigenvalue weighted by atomic mass is 10.1. The maximum Gasteiger partial charge on any atom is 0.270 e. The number of rotatable bonds is 8. The largest absolute Gasteiger partial charge is 0.376 e. The molecule has 0 spiro atoms. The Morgan fingerprint density at radius 2 is 1.93 bits per heavy atom. The van der Waals surface area contributed by atoms with Gasteiger partial charge in [0.25, 0.3) is 5.69 Å². The maximum atomic E-state index is 11.5.